The maximum absolute atomic E-state index is 12.1. The fraction of sp³-hybridized carbons (Fsp3) is 0.947. The minimum absolute atomic E-state index is 0.00972. The molecule has 1 aliphatic carbocycles. The summed E-state index contributed by atoms with van der Waals surface area (Å²) in [5.74, 6) is 0.422. The Morgan fingerprint density at radius 1 is 1.17 bits per heavy atom. The Morgan fingerprint density at radius 2 is 1.75 bits per heavy atom. The summed E-state index contributed by atoms with van der Waals surface area (Å²) in [5, 5.41) is 23.8. The van der Waals surface area contributed by atoms with Crippen molar-refractivity contribution >= 4 is 6.09 Å². The van der Waals surface area contributed by atoms with E-state index < -0.39 is 23.9 Å². The Labute approximate surface area is 147 Å². The van der Waals surface area contributed by atoms with Gasteiger partial charge in [0.15, 0.2) is 0 Å². The highest BCUT2D eigenvalue weighted by molar-refractivity contribution is 5.68. The van der Waals surface area contributed by atoms with E-state index in [1.54, 1.807) is 0 Å². The van der Waals surface area contributed by atoms with Crippen LogP contribution in [-0.2, 0) is 4.74 Å². The van der Waals surface area contributed by atoms with Crippen LogP contribution in [0.25, 0.3) is 0 Å². The molecular weight excluding hydrogens is 306 g/mol. The lowest BCUT2D eigenvalue weighted by molar-refractivity contribution is -0.0465. The van der Waals surface area contributed by atoms with Crippen LogP contribution in [0.4, 0.5) is 4.79 Å². The van der Waals surface area contributed by atoms with Gasteiger partial charge in [0.1, 0.15) is 5.60 Å². The van der Waals surface area contributed by atoms with Crippen molar-refractivity contribution in [1.29, 1.82) is 0 Å². The van der Waals surface area contributed by atoms with Gasteiger partial charge in [-0.05, 0) is 57.8 Å². The number of hydrogen-bond donors (Lipinski definition) is 3. The number of aliphatic hydroxyl groups is 2. The summed E-state index contributed by atoms with van der Waals surface area (Å²) in [4.78, 5) is 12.1. The molecule has 1 amide bonds. The van der Waals surface area contributed by atoms with Gasteiger partial charge in [-0.1, -0.05) is 33.6 Å². The molecule has 0 bridgehead atoms. The second-order valence-electron chi connectivity index (χ2n) is 8.75. The van der Waals surface area contributed by atoms with E-state index in [-0.39, 0.29) is 17.9 Å². The number of hydrogen-bond acceptors (Lipinski definition) is 4. The Morgan fingerprint density at radius 3 is 2.29 bits per heavy atom. The van der Waals surface area contributed by atoms with Crippen molar-refractivity contribution in [2.45, 2.75) is 97.5 Å². The lowest BCUT2D eigenvalue weighted by atomic mass is 9.73. The molecule has 0 radical (unpaired) electrons. The van der Waals surface area contributed by atoms with Crippen LogP contribution in [0.15, 0.2) is 0 Å². The first-order valence-corrected chi connectivity index (χ1v) is 9.37. The average molecular weight is 344 g/mol. The van der Waals surface area contributed by atoms with Crippen LogP contribution < -0.4 is 5.32 Å². The van der Waals surface area contributed by atoms with E-state index in [2.05, 4.69) is 5.32 Å². The molecular formula is C19H37NO4. The number of rotatable bonds is 6. The number of ether oxygens (including phenoxy) is 1. The summed E-state index contributed by atoms with van der Waals surface area (Å²) in [6.45, 7) is 11.6. The molecule has 5 atom stereocenters. The van der Waals surface area contributed by atoms with Gasteiger partial charge in [0.25, 0.3) is 0 Å². The van der Waals surface area contributed by atoms with E-state index in [0.29, 0.717) is 12.3 Å². The number of amides is 1. The summed E-state index contributed by atoms with van der Waals surface area (Å²) >= 11 is 0. The van der Waals surface area contributed by atoms with Crippen molar-refractivity contribution in [2.24, 2.45) is 17.8 Å². The summed E-state index contributed by atoms with van der Waals surface area (Å²) in [6, 6.07) is -0.00972. The Hall–Kier alpha value is -0.810. The van der Waals surface area contributed by atoms with Crippen molar-refractivity contribution in [3.8, 4) is 0 Å². The highest BCUT2D eigenvalue weighted by Crippen LogP contribution is 2.33. The Bertz CT molecular complexity index is 391. The van der Waals surface area contributed by atoms with Gasteiger partial charge < -0.3 is 20.3 Å². The number of aliphatic hydroxyl groups excluding tert-OH is 2. The predicted molar refractivity (Wildman–Crippen MR) is 95.7 cm³/mol. The number of alkyl carbamates (subject to hydrolysis) is 1. The smallest absolute Gasteiger partial charge is 0.407 e. The van der Waals surface area contributed by atoms with E-state index in [9.17, 15) is 15.0 Å². The third-order valence-corrected chi connectivity index (χ3v) is 4.84. The predicted octanol–water partition coefficient (Wildman–Crippen LogP) is 3.47. The second-order valence-corrected chi connectivity index (χ2v) is 8.75. The molecule has 142 valence electrons. The van der Waals surface area contributed by atoms with Crippen molar-refractivity contribution in [3.63, 3.8) is 0 Å². The van der Waals surface area contributed by atoms with Gasteiger partial charge in [0, 0.05) is 6.04 Å². The summed E-state index contributed by atoms with van der Waals surface area (Å²) in [5.41, 5.74) is -0.521. The Balaban J connectivity index is 2.69. The van der Waals surface area contributed by atoms with E-state index in [4.69, 9.17) is 4.74 Å². The van der Waals surface area contributed by atoms with E-state index >= 15 is 0 Å². The van der Waals surface area contributed by atoms with Crippen LogP contribution in [-0.4, -0.2) is 40.2 Å². The molecule has 0 aromatic carbocycles. The molecule has 1 fully saturated rings. The zero-order valence-electron chi connectivity index (χ0n) is 16.2. The number of carbonyl (C=O) groups is 1. The normalized spacial score (nSPS) is 25.9. The average Bonchev–Trinajstić information content (AvgIpc) is 2.43. The van der Waals surface area contributed by atoms with E-state index in [0.717, 1.165) is 25.7 Å². The minimum atomic E-state index is -0.765. The molecule has 1 saturated carbocycles. The van der Waals surface area contributed by atoms with Crippen LogP contribution in [0.1, 0.15) is 73.6 Å². The van der Waals surface area contributed by atoms with Gasteiger partial charge in [-0.25, -0.2) is 4.79 Å². The van der Waals surface area contributed by atoms with Crippen molar-refractivity contribution in [2.75, 3.05) is 0 Å². The van der Waals surface area contributed by atoms with Crippen LogP contribution >= 0.6 is 0 Å². The van der Waals surface area contributed by atoms with Crippen LogP contribution in [0, 0.1) is 17.8 Å². The van der Waals surface area contributed by atoms with Crippen LogP contribution in [0.3, 0.4) is 0 Å². The molecule has 0 saturated heterocycles. The molecule has 5 heteroatoms. The summed E-state index contributed by atoms with van der Waals surface area (Å²) in [6.07, 6.45) is 2.70. The molecule has 0 aromatic heterocycles. The molecule has 0 spiro atoms. The van der Waals surface area contributed by atoms with E-state index in [1.165, 1.54) is 0 Å². The van der Waals surface area contributed by atoms with Gasteiger partial charge in [-0.15, -0.1) is 0 Å². The van der Waals surface area contributed by atoms with Gasteiger partial charge in [0.05, 0.1) is 12.2 Å². The zero-order valence-corrected chi connectivity index (χ0v) is 16.2. The molecule has 2 unspecified atom stereocenters. The quantitative estimate of drug-likeness (QED) is 0.690. The Kier molecular flexibility index (Phi) is 8.00. The van der Waals surface area contributed by atoms with Gasteiger partial charge in [0.2, 0.25) is 0 Å². The second kappa shape index (κ2) is 9.04. The highest BCUT2D eigenvalue weighted by Gasteiger charge is 2.37. The number of nitrogens with one attached hydrogen (secondary N) is 1. The molecule has 24 heavy (non-hydrogen) atoms. The third kappa shape index (κ3) is 6.98. The van der Waals surface area contributed by atoms with Crippen molar-refractivity contribution < 1.29 is 19.7 Å². The monoisotopic (exact) mass is 343 g/mol. The lowest BCUT2D eigenvalue weighted by Gasteiger charge is -2.39. The first-order valence-electron chi connectivity index (χ1n) is 9.37. The standard InChI is InChI=1S/C19H37NO4/c1-12(2)11-16(21)17(22)13(3)14-9-7-8-10-15(14)20-18(23)24-19(4,5)6/h12-17,21-22H,7-11H2,1-6H3,(H,20,23)/t13-,14?,15?,16-,17+/m0/s1. The fourth-order valence-electron chi connectivity index (χ4n) is 3.65. The summed E-state index contributed by atoms with van der Waals surface area (Å²) in [7, 11) is 0. The van der Waals surface area contributed by atoms with Crippen LogP contribution in [0.2, 0.25) is 0 Å². The lowest BCUT2D eigenvalue weighted by Crippen LogP contribution is -2.49. The zero-order chi connectivity index (χ0) is 18.5. The van der Waals surface area contributed by atoms with Crippen molar-refractivity contribution in [3.05, 3.63) is 0 Å². The maximum atomic E-state index is 12.1. The molecule has 0 heterocycles. The maximum Gasteiger partial charge on any atom is 0.407 e. The first kappa shape index (κ1) is 21.2. The molecule has 1 rings (SSSR count). The first-order chi connectivity index (χ1) is 11.0. The third-order valence-electron chi connectivity index (χ3n) is 4.84. The van der Waals surface area contributed by atoms with Gasteiger partial charge in [-0.3, -0.25) is 0 Å². The molecule has 3 N–H and O–H groups in total. The van der Waals surface area contributed by atoms with Crippen molar-refractivity contribution in [1.82, 2.24) is 5.32 Å². The van der Waals surface area contributed by atoms with E-state index in [1.807, 2.05) is 41.5 Å². The topological polar surface area (TPSA) is 78.8 Å². The van der Waals surface area contributed by atoms with Gasteiger partial charge >= 0.3 is 6.09 Å². The molecule has 5 nitrogen and oxygen atoms in total. The molecule has 1 aliphatic rings. The van der Waals surface area contributed by atoms with Gasteiger partial charge in [-0.2, -0.15) is 0 Å². The largest absolute Gasteiger partial charge is 0.444 e. The SMILES string of the molecule is CC(C)C[C@H](O)[C@H](O)[C@@H](C)C1CCCCC1NC(=O)OC(C)(C)C. The molecule has 0 aliphatic heterocycles. The minimum Gasteiger partial charge on any atom is -0.444 e. The highest BCUT2D eigenvalue weighted by atomic mass is 16.6. The van der Waals surface area contributed by atoms with Crippen LogP contribution in [0.5, 0.6) is 0 Å². The fourth-order valence-corrected chi connectivity index (χ4v) is 3.65. The summed E-state index contributed by atoms with van der Waals surface area (Å²) < 4.78 is 5.37. The molecule has 0 aromatic rings. The number of carbonyl (C=O) groups excluding carboxylic acids is 1.